The standard InChI is InChI=1S/C13H21NO2/c1-3-5-6-7-8-11(4-2)14-12(15)9-10-13(14)16/h9-11H,3-8H2,1-2H3/t11-/m0/s1. The smallest absolute Gasteiger partial charge is 0.253 e. The molecule has 0 fully saturated rings. The van der Waals surface area contributed by atoms with E-state index in [0.717, 1.165) is 19.3 Å². The molecule has 0 saturated carbocycles. The van der Waals surface area contributed by atoms with Crippen LogP contribution in [0, 0.1) is 0 Å². The van der Waals surface area contributed by atoms with Gasteiger partial charge in [-0.25, -0.2) is 0 Å². The molecule has 0 bridgehead atoms. The monoisotopic (exact) mass is 223 g/mol. The fourth-order valence-electron chi connectivity index (χ4n) is 2.09. The quantitative estimate of drug-likeness (QED) is 0.491. The van der Waals surface area contributed by atoms with E-state index in [4.69, 9.17) is 0 Å². The lowest BCUT2D eigenvalue weighted by atomic mass is 10.0. The summed E-state index contributed by atoms with van der Waals surface area (Å²) < 4.78 is 0. The molecule has 1 atom stereocenters. The number of unbranched alkanes of at least 4 members (excludes halogenated alkanes) is 3. The number of amides is 2. The summed E-state index contributed by atoms with van der Waals surface area (Å²) in [7, 11) is 0. The highest BCUT2D eigenvalue weighted by Gasteiger charge is 2.29. The molecule has 90 valence electrons. The van der Waals surface area contributed by atoms with Crippen LogP contribution in [0.5, 0.6) is 0 Å². The number of imide groups is 1. The molecular formula is C13H21NO2. The SMILES string of the molecule is CCCCCC[C@H](CC)N1C(=O)C=CC1=O. The van der Waals surface area contributed by atoms with Crippen molar-refractivity contribution in [2.45, 2.75) is 58.4 Å². The van der Waals surface area contributed by atoms with E-state index in [1.807, 2.05) is 6.92 Å². The van der Waals surface area contributed by atoms with Crippen LogP contribution in [-0.4, -0.2) is 22.8 Å². The summed E-state index contributed by atoms with van der Waals surface area (Å²) in [4.78, 5) is 24.4. The van der Waals surface area contributed by atoms with Crippen LogP contribution in [0.25, 0.3) is 0 Å². The molecule has 0 radical (unpaired) electrons. The molecule has 0 spiro atoms. The Balaban J connectivity index is 2.42. The summed E-state index contributed by atoms with van der Waals surface area (Å²) in [6.07, 6.45) is 9.27. The maximum absolute atomic E-state index is 11.5. The van der Waals surface area contributed by atoms with Gasteiger partial charge in [-0.1, -0.05) is 39.5 Å². The molecule has 0 aliphatic carbocycles. The summed E-state index contributed by atoms with van der Waals surface area (Å²) in [5.41, 5.74) is 0. The molecule has 2 amide bonds. The average Bonchev–Trinajstić information content (AvgIpc) is 2.60. The van der Waals surface area contributed by atoms with E-state index in [1.165, 1.54) is 36.3 Å². The van der Waals surface area contributed by atoms with Crippen molar-refractivity contribution in [3.05, 3.63) is 12.2 Å². The molecule has 0 aromatic heterocycles. The molecule has 1 rings (SSSR count). The minimum atomic E-state index is -0.146. The van der Waals surface area contributed by atoms with Gasteiger partial charge in [-0.05, 0) is 12.8 Å². The zero-order valence-corrected chi connectivity index (χ0v) is 10.2. The highest BCUT2D eigenvalue weighted by molar-refractivity contribution is 6.13. The van der Waals surface area contributed by atoms with Gasteiger partial charge >= 0.3 is 0 Å². The number of nitrogens with zero attached hydrogens (tertiary/aromatic N) is 1. The first-order valence-electron chi connectivity index (χ1n) is 6.26. The van der Waals surface area contributed by atoms with Gasteiger partial charge in [-0.15, -0.1) is 0 Å². The van der Waals surface area contributed by atoms with E-state index in [1.54, 1.807) is 0 Å². The van der Waals surface area contributed by atoms with Crippen molar-refractivity contribution in [1.29, 1.82) is 0 Å². The van der Waals surface area contributed by atoms with Crippen molar-refractivity contribution in [2.24, 2.45) is 0 Å². The first-order valence-corrected chi connectivity index (χ1v) is 6.26. The van der Waals surface area contributed by atoms with Gasteiger partial charge < -0.3 is 0 Å². The summed E-state index contributed by atoms with van der Waals surface area (Å²) in [5.74, 6) is -0.292. The van der Waals surface area contributed by atoms with E-state index >= 15 is 0 Å². The van der Waals surface area contributed by atoms with Crippen LogP contribution in [0.3, 0.4) is 0 Å². The zero-order valence-electron chi connectivity index (χ0n) is 10.2. The topological polar surface area (TPSA) is 37.4 Å². The van der Waals surface area contributed by atoms with Crippen LogP contribution in [0.4, 0.5) is 0 Å². The van der Waals surface area contributed by atoms with Gasteiger partial charge in [0, 0.05) is 18.2 Å². The molecule has 16 heavy (non-hydrogen) atoms. The third-order valence-electron chi connectivity index (χ3n) is 3.07. The van der Waals surface area contributed by atoms with E-state index < -0.39 is 0 Å². The van der Waals surface area contributed by atoms with Crippen molar-refractivity contribution in [3.63, 3.8) is 0 Å². The van der Waals surface area contributed by atoms with Crippen LogP contribution < -0.4 is 0 Å². The second-order valence-corrected chi connectivity index (χ2v) is 4.29. The fraction of sp³-hybridized carbons (Fsp3) is 0.692. The van der Waals surface area contributed by atoms with Crippen molar-refractivity contribution in [1.82, 2.24) is 4.90 Å². The first-order chi connectivity index (χ1) is 7.70. The second-order valence-electron chi connectivity index (χ2n) is 4.29. The Hall–Kier alpha value is -1.12. The maximum atomic E-state index is 11.5. The summed E-state index contributed by atoms with van der Waals surface area (Å²) in [5, 5.41) is 0. The predicted octanol–water partition coefficient (Wildman–Crippen LogP) is 2.66. The van der Waals surface area contributed by atoms with Crippen molar-refractivity contribution in [2.75, 3.05) is 0 Å². The fourth-order valence-corrected chi connectivity index (χ4v) is 2.09. The predicted molar refractivity (Wildman–Crippen MR) is 63.8 cm³/mol. The third kappa shape index (κ3) is 3.19. The highest BCUT2D eigenvalue weighted by atomic mass is 16.2. The lowest BCUT2D eigenvalue weighted by Crippen LogP contribution is -2.39. The Bertz CT molecular complexity index is 266. The van der Waals surface area contributed by atoms with Gasteiger partial charge in [0.15, 0.2) is 0 Å². The lowest BCUT2D eigenvalue weighted by molar-refractivity contribution is -0.139. The van der Waals surface area contributed by atoms with Gasteiger partial charge in [-0.2, -0.15) is 0 Å². The Kier molecular flexibility index (Phi) is 5.23. The molecule has 0 aromatic rings. The molecule has 0 unspecified atom stereocenters. The van der Waals surface area contributed by atoms with E-state index in [2.05, 4.69) is 6.92 Å². The maximum Gasteiger partial charge on any atom is 0.253 e. The van der Waals surface area contributed by atoms with E-state index in [0.29, 0.717) is 0 Å². The van der Waals surface area contributed by atoms with Gasteiger partial charge in [0.2, 0.25) is 0 Å². The third-order valence-corrected chi connectivity index (χ3v) is 3.07. The highest BCUT2D eigenvalue weighted by Crippen LogP contribution is 2.18. The van der Waals surface area contributed by atoms with Crippen molar-refractivity contribution < 1.29 is 9.59 Å². The molecular weight excluding hydrogens is 202 g/mol. The number of rotatable bonds is 7. The number of hydrogen-bond donors (Lipinski definition) is 0. The molecule has 3 heteroatoms. The normalized spacial score (nSPS) is 17.2. The molecule has 1 aliphatic rings. The Morgan fingerprint density at radius 2 is 1.69 bits per heavy atom. The molecule has 3 nitrogen and oxygen atoms in total. The second kappa shape index (κ2) is 6.46. The van der Waals surface area contributed by atoms with Crippen molar-refractivity contribution >= 4 is 11.8 Å². The van der Waals surface area contributed by atoms with Gasteiger partial charge in [-0.3, -0.25) is 14.5 Å². The van der Waals surface area contributed by atoms with Crippen molar-refractivity contribution in [3.8, 4) is 0 Å². The van der Waals surface area contributed by atoms with E-state index in [-0.39, 0.29) is 17.9 Å². The summed E-state index contributed by atoms with van der Waals surface area (Å²) in [6, 6.07) is 0.0897. The molecule has 1 heterocycles. The van der Waals surface area contributed by atoms with Crippen LogP contribution in [0.2, 0.25) is 0 Å². The lowest BCUT2D eigenvalue weighted by Gasteiger charge is -2.24. The van der Waals surface area contributed by atoms with Gasteiger partial charge in [0.1, 0.15) is 0 Å². The molecule has 0 saturated heterocycles. The summed E-state index contributed by atoms with van der Waals surface area (Å²) >= 11 is 0. The minimum absolute atomic E-state index is 0.0897. The zero-order chi connectivity index (χ0) is 12.0. The Morgan fingerprint density at radius 1 is 1.06 bits per heavy atom. The Morgan fingerprint density at radius 3 is 2.19 bits per heavy atom. The molecule has 0 N–H and O–H groups in total. The van der Waals surface area contributed by atoms with Gasteiger partial charge in [0.25, 0.3) is 11.8 Å². The number of hydrogen-bond acceptors (Lipinski definition) is 2. The number of carbonyl (C=O) groups excluding carboxylic acids is 2. The van der Waals surface area contributed by atoms with Crippen LogP contribution in [-0.2, 0) is 9.59 Å². The summed E-state index contributed by atoms with van der Waals surface area (Å²) in [6.45, 7) is 4.21. The van der Waals surface area contributed by atoms with Gasteiger partial charge in [0.05, 0.1) is 0 Å². The molecule has 0 aromatic carbocycles. The Labute approximate surface area is 97.5 Å². The first kappa shape index (κ1) is 12.9. The average molecular weight is 223 g/mol. The van der Waals surface area contributed by atoms with E-state index in [9.17, 15) is 9.59 Å². The largest absolute Gasteiger partial charge is 0.272 e. The molecule has 1 aliphatic heterocycles. The van der Waals surface area contributed by atoms with Crippen LogP contribution in [0.1, 0.15) is 52.4 Å². The van der Waals surface area contributed by atoms with Crippen LogP contribution in [0.15, 0.2) is 12.2 Å². The minimum Gasteiger partial charge on any atom is -0.272 e. The number of carbonyl (C=O) groups is 2. The van der Waals surface area contributed by atoms with Crippen LogP contribution >= 0.6 is 0 Å².